The lowest BCUT2D eigenvalue weighted by Crippen LogP contribution is -2.43. The predicted octanol–water partition coefficient (Wildman–Crippen LogP) is 0.001000. The summed E-state index contributed by atoms with van der Waals surface area (Å²) in [6, 6.07) is 3.26. The number of carboxylic acid groups (broad SMARTS) is 1. The summed E-state index contributed by atoms with van der Waals surface area (Å²) < 4.78 is 12.5. The number of benzene rings is 1. The van der Waals surface area contributed by atoms with Crippen molar-refractivity contribution in [3.05, 3.63) is 35.6 Å². The number of nitrogens with one attached hydrogen (secondary N) is 1. The van der Waals surface area contributed by atoms with Crippen molar-refractivity contribution in [3.8, 4) is 0 Å². The van der Waals surface area contributed by atoms with Gasteiger partial charge in [0.1, 0.15) is 5.82 Å². The van der Waals surface area contributed by atoms with Gasteiger partial charge in [-0.25, -0.2) is 9.18 Å². The highest BCUT2D eigenvalue weighted by Crippen LogP contribution is 2.02. The maximum Gasteiger partial charge on any atom is 0.328 e. The van der Waals surface area contributed by atoms with Crippen molar-refractivity contribution in [2.75, 3.05) is 6.61 Å². The minimum absolute atomic E-state index is 0.126. The lowest BCUT2D eigenvalue weighted by Gasteiger charge is -2.11. The van der Waals surface area contributed by atoms with E-state index >= 15 is 0 Å². The first kappa shape index (κ1) is 12.1. The van der Waals surface area contributed by atoms with Gasteiger partial charge in [0.05, 0.1) is 6.61 Å². The van der Waals surface area contributed by atoms with Gasteiger partial charge in [-0.1, -0.05) is 0 Å². The first-order chi connectivity index (χ1) is 7.54. The van der Waals surface area contributed by atoms with Crippen LogP contribution in [0.2, 0.25) is 0 Å². The Hall–Kier alpha value is -1.95. The molecule has 0 radical (unpaired) electrons. The van der Waals surface area contributed by atoms with Crippen LogP contribution in [0, 0.1) is 5.82 Å². The molecule has 5 nitrogen and oxygen atoms in total. The third-order valence-electron chi connectivity index (χ3n) is 1.89. The summed E-state index contributed by atoms with van der Waals surface area (Å²) >= 11 is 0. The maximum absolute atomic E-state index is 12.5. The molecule has 0 saturated heterocycles. The SMILES string of the molecule is O=C(NC(CO)C(=O)O)c1ccc(F)cc1. The summed E-state index contributed by atoms with van der Waals surface area (Å²) in [6.07, 6.45) is 0. The van der Waals surface area contributed by atoms with Gasteiger partial charge in [0, 0.05) is 5.56 Å². The van der Waals surface area contributed by atoms with Crippen molar-refractivity contribution >= 4 is 11.9 Å². The first-order valence-corrected chi connectivity index (χ1v) is 4.44. The van der Waals surface area contributed by atoms with Gasteiger partial charge in [0.25, 0.3) is 5.91 Å². The van der Waals surface area contributed by atoms with Crippen molar-refractivity contribution in [1.82, 2.24) is 5.32 Å². The topological polar surface area (TPSA) is 86.6 Å². The van der Waals surface area contributed by atoms with Crippen molar-refractivity contribution < 1.29 is 24.2 Å². The zero-order valence-corrected chi connectivity index (χ0v) is 8.18. The summed E-state index contributed by atoms with van der Waals surface area (Å²) in [4.78, 5) is 21.9. The normalized spacial score (nSPS) is 11.9. The third kappa shape index (κ3) is 3.03. The number of carbonyl (C=O) groups is 2. The molecule has 0 fully saturated rings. The van der Waals surface area contributed by atoms with Gasteiger partial charge in [-0.15, -0.1) is 0 Å². The number of carboxylic acids is 1. The number of rotatable bonds is 4. The van der Waals surface area contributed by atoms with Gasteiger partial charge in [0.15, 0.2) is 6.04 Å². The van der Waals surface area contributed by atoms with Crippen LogP contribution in [0.4, 0.5) is 4.39 Å². The number of hydrogen-bond acceptors (Lipinski definition) is 3. The van der Waals surface area contributed by atoms with E-state index in [1.54, 1.807) is 0 Å². The molecule has 1 aromatic rings. The minimum Gasteiger partial charge on any atom is -0.480 e. The van der Waals surface area contributed by atoms with E-state index in [1.165, 1.54) is 12.1 Å². The number of hydrogen-bond donors (Lipinski definition) is 3. The lowest BCUT2D eigenvalue weighted by molar-refractivity contribution is -0.140. The van der Waals surface area contributed by atoms with E-state index in [0.29, 0.717) is 0 Å². The van der Waals surface area contributed by atoms with Crippen molar-refractivity contribution in [3.63, 3.8) is 0 Å². The van der Waals surface area contributed by atoms with E-state index < -0.39 is 30.3 Å². The van der Waals surface area contributed by atoms with Crippen LogP contribution in [-0.2, 0) is 4.79 Å². The van der Waals surface area contributed by atoms with Crippen molar-refractivity contribution in [2.24, 2.45) is 0 Å². The maximum atomic E-state index is 12.5. The Bertz CT molecular complexity index is 390. The second-order valence-electron chi connectivity index (χ2n) is 3.05. The monoisotopic (exact) mass is 227 g/mol. The zero-order valence-electron chi connectivity index (χ0n) is 8.18. The van der Waals surface area contributed by atoms with Crippen LogP contribution >= 0.6 is 0 Å². The van der Waals surface area contributed by atoms with E-state index in [-0.39, 0.29) is 5.56 Å². The molecule has 6 heteroatoms. The standard InChI is InChI=1S/C10H10FNO4/c11-7-3-1-6(2-4-7)9(14)12-8(5-13)10(15)16/h1-4,8,13H,5H2,(H,12,14)(H,15,16). The fourth-order valence-corrected chi connectivity index (χ4v) is 1.03. The highest BCUT2D eigenvalue weighted by molar-refractivity contribution is 5.96. The van der Waals surface area contributed by atoms with Crippen LogP contribution in [0.1, 0.15) is 10.4 Å². The van der Waals surface area contributed by atoms with Gasteiger partial charge >= 0.3 is 5.97 Å². The molecule has 0 aliphatic heterocycles. The number of aliphatic carboxylic acids is 1. The first-order valence-electron chi connectivity index (χ1n) is 4.44. The molecule has 0 bridgehead atoms. The average molecular weight is 227 g/mol. The zero-order chi connectivity index (χ0) is 12.1. The van der Waals surface area contributed by atoms with E-state index in [1.807, 2.05) is 0 Å². The van der Waals surface area contributed by atoms with Crippen LogP contribution in [0.3, 0.4) is 0 Å². The van der Waals surface area contributed by atoms with Crippen LogP contribution in [0.15, 0.2) is 24.3 Å². The fourth-order valence-electron chi connectivity index (χ4n) is 1.03. The van der Waals surface area contributed by atoms with E-state index in [9.17, 15) is 14.0 Å². The molecule has 1 aromatic carbocycles. The fraction of sp³-hybridized carbons (Fsp3) is 0.200. The molecule has 1 atom stereocenters. The molecule has 1 unspecified atom stereocenters. The number of aliphatic hydroxyl groups excluding tert-OH is 1. The van der Waals surface area contributed by atoms with E-state index in [4.69, 9.17) is 10.2 Å². The van der Waals surface area contributed by atoms with Gasteiger partial charge < -0.3 is 15.5 Å². The summed E-state index contributed by atoms with van der Waals surface area (Å²) in [5.74, 6) is -2.51. The van der Waals surface area contributed by atoms with Crippen LogP contribution in [-0.4, -0.2) is 34.7 Å². The molecular weight excluding hydrogens is 217 g/mol. The van der Waals surface area contributed by atoms with Crippen LogP contribution in [0.5, 0.6) is 0 Å². The third-order valence-corrected chi connectivity index (χ3v) is 1.89. The summed E-state index contributed by atoms with van der Waals surface area (Å²) in [7, 11) is 0. The van der Waals surface area contributed by atoms with Gasteiger partial charge in [-0.3, -0.25) is 4.79 Å². The number of halogens is 1. The highest BCUT2D eigenvalue weighted by atomic mass is 19.1. The second-order valence-corrected chi connectivity index (χ2v) is 3.05. The number of amides is 1. The number of aliphatic hydroxyl groups is 1. The molecule has 0 aromatic heterocycles. The molecule has 0 aliphatic rings. The predicted molar refractivity (Wildman–Crippen MR) is 52.4 cm³/mol. The Morgan fingerprint density at radius 1 is 1.31 bits per heavy atom. The highest BCUT2D eigenvalue weighted by Gasteiger charge is 2.19. The molecule has 1 amide bonds. The van der Waals surface area contributed by atoms with E-state index in [2.05, 4.69) is 5.32 Å². The Balaban J connectivity index is 2.71. The number of carbonyl (C=O) groups excluding carboxylic acids is 1. The van der Waals surface area contributed by atoms with E-state index in [0.717, 1.165) is 12.1 Å². The van der Waals surface area contributed by atoms with Crippen molar-refractivity contribution in [1.29, 1.82) is 0 Å². The molecule has 3 N–H and O–H groups in total. The van der Waals surface area contributed by atoms with Crippen molar-refractivity contribution in [2.45, 2.75) is 6.04 Å². The Morgan fingerprint density at radius 2 is 1.88 bits per heavy atom. The minimum atomic E-state index is -1.36. The lowest BCUT2D eigenvalue weighted by atomic mass is 10.2. The molecule has 1 rings (SSSR count). The van der Waals surface area contributed by atoms with Gasteiger partial charge in [0.2, 0.25) is 0 Å². The molecule has 86 valence electrons. The smallest absolute Gasteiger partial charge is 0.328 e. The Kier molecular flexibility index (Phi) is 3.96. The Labute approximate surface area is 90.5 Å². The summed E-state index contributed by atoms with van der Waals surface area (Å²) in [6.45, 7) is -0.706. The van der Waals surface area contributed by atoms with Crippen LogP contribution < -0.4 is 5.32 Å². The quantitative estimate of drug-likeness (QED) is 0.675. The largest absolute Gasteiger partial charge is 0.480 e. The summed E-state index contributed by atoms with van der Waals surface area (Å²) in [5, 5.41) is 19.4. The van der Waals surface area contributed by atoms with Gasteiger partial charge in [-0.2, -0.15) is 0 Å². The molecule has 16 heavy (non-hydrogen) atoms. The molecule has 0 heterocycles. The molecule has 0 spiro atoms. The van der Waals surface area contributed by atoms with Crippen LogP contribution in [0.25, 0.3) is 0 Å². The Morgan fingerprint density at radius 3 is 2.31 bits per heavy atom. The average Bonchev–Trinajstić information content (AvgIpc) is 2.26. The van der Waals surface area contributed by atoms with Gasteiger partial charge in [-0.05, 0) is 24.3 Å². The molecule has 0 aliphatic carbocycles. The molecular formula is C10H10FNO4. The molecule has 0 saturated carbocycles. The second kappa shape index (κ2) is 5.22. The summed E-state index contributed by atoms with van der Waals surface area (Å²) in [5.41, 5.74) is 0.126.